The molecule has 2 heterocycles. The van der Waals surface area contributed by atoms with Gasteiger partial charge in [0.25, 0.3) is 0 Å². The quantitative estimate of drug-likeness (QED) is 0.169. The predicted molar refractivity (Wildman–Crippen MR) is 246 cm³/mol. The Bertz CT molecular complexity index is 3380. The topological polar surface area (TPSA) is 29.5 Å². The summed E-state index contributed by atoms with van der Waals surface area (Å²) < 4.78 is 13.7. The number of furan rings is 2. The molecule has 1 unspecified atom stereocenters. The van der Waals surface area contributed by atoms with Gasteiger partial charge in [-0.05, 0) is 76.0 Å². The number of nitrogens with zero attached hydrogens (tertiary/aromatic N) is 1. The number of fused-ring (bicyclic) bond motifs is 9. The Morgan fingerprint density at radius 3 is 2.14 bits per heavy atom. The van der Waals surface area contributed by atoms with Crippen LogP contribution in [0.5, 0.6) is 0 Å². The summed E-state index contributed by atoms with van der Waals surface area (Å²) in [6, 6.07) is 61.1. The van der Waals surface area contributed by atoms with Gasteiger partial charge in [0.2, 0.25) is 0 Å². The molecule has 0 amide bonds. The van der Waals surface area contributed by atoms with E-state index in [4.69, 9.17) is 8.83 Å². The largest absolute Gasteiger partial charge is 0.460 e. The van der Waals surface area contributed by atoms with Crippen LogP contribution < -0.4 is 4.90 Å². The molecule has 2 aliphatic carbocycles. The number of aryl methyl sites for hydroxylation is 1. The molecule has 0 spiro atoms. The Kier molecular flexibility index (Phi) is 7.80. The Hall–Kier alpha value is -7.36. The van der Waals surface area contributed by atoms with Gasteiger partial charge in [0.05, 0.1) is 11.4 Å². The van der Waals surface area contributed by atoms with Crippen LogP contribution in [0.1, 0.15) is 35.6 Å². The van der Waals surface area contributed by atoms with E-state index in [0.29, 0.717) is 0 Å². The predicted octanol–water partition coefficient (Wildman–Crippen LogP) is 15.4. The van der Waals surface area contributed by atoms with Gasteiger partial charge in [-0.2, -0.15) is 0 Å². The molecule has 0 radical (unpaired) electrons. The van der Waals surface area contributed by atoms with Gasteiger partial charge >= 0.3 is 0 Å². The lowest BCUT2D eigenvalue weighted by Crippen LogP contribution is -2.24. The van der Waals surface area contributed by atoms with Crippen molar-refractivity contribution in [2.75, 3.05) is 4.90 Å². The number of hydrogen-bond acceptors (Lipinski definition) is 3. The number of allylic oxidation sites excluding steroid dienone is 4. The van der Waals surface area contributed by atoms with Gasteiger partial charge in [-0.25, -0.2) is 0 Å². The van der Waals surface area contributed by atoms with E-state index in [-0.39, 0.29) is 5.92 Å². The third-order valence-electron chi connectivity index (χ3n) is 12.4. The fourth-order valence-corrected chi connectivity index (χ4v) is 9.58. The molecular weight excluding hydrogens is 719 g/mol. The molecular formula is C56H39NO2. The molecule has 0 bridgehead atoms. The van der Waals surface area contributed by atoms with Crippen LogP contribution in [0.3, 0.4) is 0 Å². The first kappa shape index (κ1) is 33.7. The summed E-state index contributed by atoms with van der Waals surface area (Å²) in [6.07, 6.45) is 12.2. The Morgan fingerprint density at radius 1 is 0.508 bits per heavy atom. The molecule has 59 heavy (non-hydrogen) atoms. The van der Waals surface area contributed by atoms with Crippen LogP contribution in [0, 0.1) is 0 Å². The van der Waals surface area contributed by atoms with Gasteiger partial charge in [-0.1, -0.05) is 164 Å². The van der Waals surface area contributed by atoms with Crippen LogP contribution >= 0.6 is 0 Å². The Labute approximate surface area is 342 Å². The summed E-state index contributed by atoms with van der Waals surface area (Å²) in [5, 5.41) is 8.11. The van der Waals surface area contributed by atoms with Crippen molar-refractivity contribution < 1.29 is 8.83 Å². The van der Waals surface area contributed by atoms with Gasteiger partial charge in [0.1, 0.15) is 22.5 Å². The van der Waals surface area contributed by atoms with Gasteiger partial charge in [0.15, 0.2) is 0 Å². The van der Waals surface area contributed by atoms with E-state index < -0.39 is 0 Å². The molecule has 3 heteroatoms. The fourth-order valence-electron chi connectivity index (χ4n) is 9.58. The molecule has 0 fully saturated rings. The van der Waals surface area contributed by atoms with Crippen molar-refractivity contribution in [3.63, 3.8) is 0 Å². The van der Waals surface area contributed by atoms with Crippen LogP contribution in [0.4, 0.5) is 5.69 Å². The standard InChI is InChI=1S/C56H39NO2/c1-2-13-36(14-3-1)39-18-10-19-40(33-39)37-27-30-43(31-28-37)57(51-25-12-26-52-54(51)48-32-29-38-15-6-7-20-44(38)55(48)58-52)50-24-9-8-21-45(50)46-22-11-23-47-49-34-41-16-4-5-17-42(41)35-53(49)59-56(46)47/h1-11,13-25,27,29-35,37H,12,26,28H2. The van der Waals surface area contributed by atoms with Crippen molar-refractivity contribution in [2.24, 2.45) is 0 Å². The average Bonchev–Trinajstić information content (AvgIpc) is 3.88. The molecule has 8 aromatic carbocycles. The maximum absolute atomic E-state index is 6.85. The van der Waals surface area contributed by atoms with Gasteiger partial charge < -0.3 is 13.7 Å². The summed E-state index contributed by atoms with van der Waals surface area (Å²) in [5.74, 6) is 1.30. The molecule has 0 N–H and O–H groups in total. The van der Waals surface area contributed by atoms with E-state index in [9.17, 15) is 0 Å². The van der Waals surface area contributed by atoms with Crippen LogP contribution in [-0.4, -0.2) is 0 Å². The second-order valence-corrected chi connectivity index (χ2v) is 15.8. The van der Waals surface area contributed by atoms with Crippen LogP contribution in [0.15, 0.2) is 209 Å². The number of anilines is 1. The molecule has 0 saturated heterocycles. The first-order valence-electron chi connectivity index (χ1n) is 20.7. The molecule has 12 rings (SSSR count). The molecule has 280 valence electrons. The zero-order valence-electron chi connectivity index (χ0n) is 32.4. The smallest absolute Gasteiger partial charge is 0.143 e. The number of hydrogen-bond donors (Lipinski definition) is 0. The molecule has 2 aromatic heterocycles. The SMILES string of the molecule is C1=CC(c2cccc(-c3ccccc3)c2)CC=C1N(C1=CCCc2oc3c(ccc4ccccc43)c21)c1ccccc1-c1cccc2c1oc1cc3ccccc3cc12. The van der Waals surface area contributed by atoms with Crippen molar-refractivity contribution in [1.82, 2.24) is 0 Å². The lowest BCUT2D eigenvalue weighted by atomic mass is 9.88. The molecule has 2 aliphatic rings. The zero-order valence-corrected chi connectivity index (χ0v) is 32.4. The van der Waals surface area contributed by atoms with Crippen LogP contribution in [0.25, 0.3) is 82.4 Å². The van der Waals surface area contributed by atoms with E-state index in [2.05, 4.69) is 199 Å². The van der Waals surface area contributed by atoms with E-state index in [1.165, 1.54) is 38.4 Å². The third-order valence-corrected chi connectivity index (χ3v) is 12.4. The normalized spacial score (nSPS) is 15.2. The molecule has 0 aliphatic heterocycles. The molecule has 3 nitrogen and oxygen atoms in total. The number of benzene rings is 8. The van der Waals surface area contributed by atoms with Gasteiger partial charge in [0, 0.05) is 56.3 Å². The third kappa shape index (κ3) is 5.57. The monoisotopic (exact) mass is 757 g/mol. The lowest BCUT2D eigenvalue weighted by molar-refractivity contribution is 0.547. The van der Waals surface area contributed by atoms with Crippen molar-refractivity contribution in [3.05, 3.63) is 217 Å². The van der Waals surface area contributed by atoms with E-state index in [0.717, 1.165) is 91.5 Å². The summed E-state index contributed by atoms with van der Waals surface area (Å²) in [7, 11) is 0. The van der Waals surface area contributed by atoms with Crippen LogP contribution in [-0.2, 0) is 6.42 Å². The summed E-state index contributed by atoms with van der Waals surface area (Å²) in [6.45, 7) is 0. The highest BCUT2D eigenvalue weighted by molar-refractivity contribution is 6.15. The Morgan fingerprint density at radius 2 is 1.25 bits per heavy atom. The van der Waals surface area contributed by atoms with Crippen molar-refractivity contribution in [1.29, 1.82) is 0 Å². The lowest BCUT2D eigenvalue weighted by Gasteiger charge is -2.34. The molecule has 0 saturated carbocycles. The number of para-hydroxylation sites is 2. The maximum Gasteiger partial charge on any atom is 0.143 e. The highest BCUT2D eigenvalue weighted by atomic mass is 16.3. The highest BCUT2D eigenvalue weighted by Gasteiger charge is 2.30. The minimum Gasteiger partial charge on any atom is -0.460 e. The van der Waals surface area contributed by atoms with Gasteiger partial charge in [-0.15, -0.1) is 0 Å². The maximum atomic E-state index is 6.85. The molecule has 1 atom stereocenters. The second-order valence-electron chi connectivity index (χ2n) is 15.8. The average molecular weight is 758 g/mol. The van der Waals surface area contributed by atoms with E-state index in [1.807, 2.05) is 0 Å². The van der Waals surface area contributed by atoms with Crippen molar-refractivity contribution in [3.8, 4) is 22.3 Å². The van der Waals surface area contributed by atoms with Crippen molar-refractivity contribution >= 4 is 65.8 Å². The first-order chi connectivity index (χ1) is 29.2. The van der Waals surface area contributed by atoms with E-state index in [1.54, 1.807) is 0 Å². The van der Waals surface area contributed by atoms with Crippen molar-refractivity contribution in [2.45, 2.75) is 25.2 Å². The highest BCUT2D eigenvalue weighted by Crippen LogP contribution is 2.48. The fraction of sp³-hybridized carbons (Fsp3) is 0.0714. The summed E-state index contributed by atoms with van der Waals surface area (Å²) >= 11 is 0. The molecule has 10 aromatic rings. The second kappa shape index (κ2) is 13.6. The number of rotatable bonds is 6. The first-order valence-corrected chi connectivity index (χ1v) is 20.7. The Balaban J connectivity index is 1.03. The zero-order chi connectivity index (χ0) is 38.9. The summed E-state index contributed by atoms with van der Waals surface area (Å²) in [4.78, 5) is 2.49. The van der Waals surface area contributed by atoms with E-state index >= 15 is 0 Å². The summed E-state index contributed by atoms with van der Waals surface area (Å²) in [5.41, 5.74) is 13.3. The van der Waals surface area contributed by atoms with Crippen LogP contribution in [0.2, 0.25) is 0 Å². The minimum absolute atomic E-state index is 0.260. The van der Waals surface area contributed by atoms with Gasteiger partial charge in [-0.3, -0.25) is 0 Å². The minimum atomic E-state index is 0.260.